The quantitative estimate of drug-likeness (QED) is 0.837. The van der Waals surface area contributed by atoms with Crippen LogP contribution in [0.25, 0.3) is 0 Å². The second kappa shape index (κ2) is 4.84. The maximum atomic E-state index is 12.2. The maximum absolute atomic E-state index is 12.2. The molecule has 0 spiro atoms. The van der Waals surface area contributed by atoms with Crippen LogP contribution in [0.3, 0.4) is 0 Å². The largest absolute Gasteiger partial charge is 0.393 e. The number of aryl methyl sites for hydroxylation is 1. The van der Waals surface area contributed by atoms with Crippen LogP contribution in [0.5, 0.6) is 0 Å². The highest BCUT2D eigenvalue weighted by atomic mass is 16.3. The molecule has 1 aromatic rings. The summed E-state index contributed by atoms with van der Waals surface area (Å²) in [5.74, 6) is 0.223. The predicted octanol–water partition coefficient (Wildman–Crippen LogP) is 1.23. The zero-order valence-corrected chi connectivity index (χ0v) is 10.3. The third-order valence-electron chi connectivity index (χ3n) is 3.32. The first-order valence-corrected chi connectivity index (χ1v) is 5.97. The molecule has 1 aliphatic rings. The molecule has 0 bridgehead atoms. The van der Waals surface area contributed by atoms with Crippen LogP contribution < -0.4 is 0 Å². The molecule has 0 radical (unpaired) electrons. The van der Waals surface area contributed by atoms with Crippen LogP contribution in [0.1, 0.15) is 29.3 Å². The molecule has 92 valence electrons. The average Bonchev–Trinajstić information content (AvgIpc) is 2.77. The Bertz CT molecular complexity index is 418. The number of likely N-dealkylation sites (tertiary alicyclic amines) is 1. The number of nitrogens with zero attached hydrogens (tertiary/aromatic N) is 2. The number of aromatic nitrogens is 1. The van der Waals surface area contributed by atoms with Gasteiger partial charge in [0, 0.05) is 31.4 Å². The Labute approximate surface area is 101 Å². The molecule has 2 atom stereocenters. The maximum Gasteiger partial charge on any atom is 0.255 e. The third kappa shape index (κ3) is 2.64. The van der Waals surface area contributed by atoms with Gasteiger partial charge < -0.3 is 10.0 Å². The van der Waals surface area contributed by atoms with Gasteiger partial charge in [0.15, 0.2) is 0 Å². The average molecular weight is 234 g/mol. The summed E-state index contributed by atoms with van der Waals surface area (Å²) in [6, 6.07) is 1.85. The minimum Gasteiger partial charge on any atom is -0.393 e. The zero-order chi connectivity index (χ0) is 12.4. The van der Waals surface area contributed by atoms with Gasteiger partial charge in [-0.2, -0.15) is 0 Å². The summed E-state index contributed by atoms with van der Waals surface area (Å²) in [5.41, 5.74) is 1.62. The van der Waals surface area contributed by atoms with Gasteiger partial charge in [0.2, 0.25) is 0 Å². The van der Waals surface area contributed by atoms with Crippen LogP contribution >= 0.6 is 0 Å². The van der Waals surface area contributed by atoms with Gasteiger partial charge >= 0.3 is 0 Å². The first-order chi connectivity index (χ1) is 8.08. The first-order valence-electron chi connectivity index (χ1n) is 5.97. The van der Waals surface area contributed by atoms with E-state index >= 15 is 0 Å². The number of pyridine rings is 1. The molecule has 1 saturated heterocycles. The molecule has 2 unspecified atom stereocenters. The fourth-order valence-electron chi connectivity index (χ4n) is 2.22. The van der Waals surface area contributed by atoms with Gasteiger partial charge in [-0.1, -0.05) is 0 Å². The van der Waals surface area contributed by atoms with E-state index in [1.807, 2.05) is 13.0 Å². The van der Waals surface area contributed by atoms with Crippen LogP contribution in [-0.4, -0.2) is 40.1 Å². The van der Waals surface area contributed by atoms with Crippen molar-refractivity contribution in [3.63, 3.8) is 0 Å². The summed E-state index contributed by atoms with van der Waals surface area (Å²) in [5, 5.41) is 9.52. The van der Waals surface area contributed by atoms with Crippen LogP contribution in [0.2, 0.25) is 0 Å². The van der Waals surface area contributed by atoms with Gasteiger partial charge in [-0.3, -0.25) is 9.78 Å². The Morgan fingerprint density at radius 3 is 2.94 bits per heavy atom. The van der Waals surface area contributed by atoms with Crippen LogP contribution in [0.4, 0.5) is 0 Å². The lowest BCUT2D eigenvalue weighted by Gasteiger charge is -2.17. The van der Waals surface area contributed by atoms with Crippen molar-refractivity contribution in [2.75, 3.05) is 13.1 Å². The molecule has 4 nitrogen and oxygen atoms in total. The fraction of sp³-hybridized carbons (Fsp3) is 0.538. The van der Waals surface area contributed by atoms with Crippen LogP contribution in [-0.2, 0) is 0 Å². The molecule has 2 heterocycles. The SMILES string of the molecule is Cc1cncc(C(=O)N2CCC(C(C)O)C2)c1. The summed E-state index contributed by atoms with van der Waals surface area (Å²) in [7, 11) is 0. The molecule has 0 aromatic carbocycles. The molecule has 4 heteroatoms. The molecule has 17 heavy (non-hydrogen) atoms. The van der Waals surface area contributed by atoms with E-state index in [2.05, 4.69) is 4.98 Å². The standard InChI is InChI=1S/C13H18N2O2/c1-9-5-12(7-14-6-9)13(17)15-4-3-11(8-15)10(2)16/h5-7,10-11,16H,3-4,8H2,1-2H3. The topological polar surface area (TPSA) is 53.4 Å². The molecule has 1 amide bonds. The number of carbonyl (C=O) groups excluding carboxylic acids is 1. The second-order valence-electron chi connectivity index (χ2n) is 4.79. The van der Waals surface area contributed by atoms with Crippen molar-refractivity contribution >= 4 is 5.91 Å². The van der Waals surface area contributed by atoms with E-state index in [9.17, 15) is 9.90 Å². The van der Waals surface area contributed by atoms with Crippen molar-refractivity contribution in [2.24, 2.45) is 5.92 Å². The number of aliphatic hydroxyl groups excluding tert-OH is 1. The van der Waals surface area contributed by atoms with E-state index in [-0.39, 0.29) is 17.9 Å². The summed E-state index contributed by atoms with van der Waals surface area (Å²) in [6.07, 6.45) is 3.87. The van der Waals surface area contributed by atoms with Crippen molar-refractivity contribution in [2.45, 2.75) is 26.4 Å². The lowest BCUT2D eigenvalue weighted by molar-refractivity contribution is 0.0762. The van der Waals surface area contributed by atoms with Gasteiger partial charge in [0.25, 0.3) is 5.91 Å². The molecule has 2 rings (SSSR count). The molecule has 1 aliphatic heterocycles. The monoisotopic (exact) mass is 234 g/mol. The van der Waals surface area contributed by atoms with E-state index in [0.29, 0.717) is 12.1 Å². The second-order valence-corrected chi connectivity index (χ2v) is 4.79. The fourth-order valence-corrected chi connectivity index (χ4v) is 2.22. The summed E-state index contributed by atoms with van der Waals surface area (Å²) in [6.45, 7) is 5.08. The highest BCUT2D eigenvalue weighted by Crippen LogP contribution is 2.21. The van der Waals surface area contributed by atoms with E-state index in [1.54, 1.807) is 24.2 Å². The van der Waals surface area contributed by atoms with E-state index < -0.39 is 0 Å². The van der Waals surface area contributed by atoms with Gasteiger partial charge in [-0.15, -0.1) is 0 Å². The number of aliphatic hydroxyl groups is 1. The van der Waals surface area contributed by atoms with Crippen molar-refractivity contribution in [1.29, 1.82) is 0 Å². The number of hydrogen-bond donors (Lipinski definition) is 1. The van der Waals surface area contributed by atoms with E-state index in [1.165, 1.54) is 0 Å². The Kier molecular flexibility index (Phi) is 3.43. The number of amides is 1. The highest BCUT2D eigenvalue weighted by Gasteiger charge is 2.29. The Balaban J connectivity index is 2.07. The zero-order valence-electron chi connectivity index (χ0n) is 10.3. The normalized spacial score (nSPS) is 21.6. The number of carbonyl (C=O) groups is 1. The Morgan fingerprint density at radius 2 is 2.35 bits per heavy atom. The Morgan fingerprint density at radius 1 is 1.59 bits per heavy atom. The summed E-state index contributed by atoms with van der Waals surface area (Å²) >= 11 is 0. The molecular weight excluding hydrogens is 216 g/mol. The predicted molar refractivity (Wildman–Crippen MR) is 64.7 cm³/mol. The molecule has 0 saturated carbocycles. The smallest absolute Gasteiger partial charge is 0.255 e. The molecule has 0 aliphatic carbocycles. The lowest BCUT2D eigenvalue weighted by Crippen LogP contribution is -2.30. The van der Waals surface area contributed by atoms with Crippen LogP contribution in [0.15, 0.2) is 18.5 Å². The van der Waals surface area contributed by atoms with Crippen molar-refractivity contribution in [1.82, 2.24) is 9.88 Å². The number of rotatable bonds is 2. The van der Waals surface area contributed by atoms with Gasteiger partial charge in [0.1, 0.15) is 0 Å². The minimum atomic E-state index is -0.344. The van der Waals surface area contributed by atoms with Crippen molar-refractivity contribution < 1.29 is 9.90 Å². The van der Waals surface area contributed by atoms with Crippen molar-refractivity contribution in [3.8, 4) is 0 Å². The molecule has 1 N–H and O–H groups in total. The van der Waals surface area contributed by atoms with Gasteiger partial charge in [-0.25, -0.2) is 0 Å². The summed E-state index contributed by atoms with van der Waals surface area (Å²) < 4.78 is 0. The number of hydrogen-bond acceptors (Lipinski definition) is 3. The lowest BCUT2D eigenvalue weighted by atomic mass is 10.0. The van der Waals surface area contributed by atoms with Crippen LogP contribution in [0, 0.1) is 12.8 Å². The van der Waals surface area contributed by atoms with Crippen molar-refractivity contribution in [3.05, 3.63) is 29.6 Å². The first kappa shape index (κ1) is 12.0. The van der Waals surface area contributed by atoms with Gasteiger partial charge in [-0.05, 0) is 31.9 Å². The summed E-state index contributed by atoms with van der Waals surface area (Å²) in [4.78, 5) is 18.0. The molecule has 1 fully saturated rings. The van der Waals surface area contributed by atoms with E-state index in [4.69, 9.17) is 0 Å². The molecular formula is C13H18N2O2. The molecule has 1 aromatic heterocycles. The minimum absolute atomic E-state index is 0.0179. The third-order valence-corrected chi connectivity index (χ3v) is 3.32. The van der Waals surface area contributed by atoms with Gasteiger partial charge in [0.05, 0.1) is 11.7 Å². The highest BCUT2D eigenvalue weighted by molar-refractivity contribution is 5.94. The van der Waals surface area contributed by atoms with E-state index in [0.717, 1.165) is 18.5 Å². The Hall–Kier alpha value is -1.42.